The average Bonchev–Trinajstić information content (AvgIpc) is 2.37. The van der Waals surface area contributed by atoms with Gasteiger partial charge in [-0.25, -0.2) is 0 Å². The van der Waals surface area contributed by atoms with Crippen LogP contribution in [-0.4, -0.2) is 28.4 Å². The van der Waals surface area contributed by atoms with Crippen LogP contribution in [0.1, 0.15) is 36.3 Å². The molecule has 1 aromatic rings. The molecule has 1 aliphatic rings. The molecule has 0 spiro atoms. The maximum atomic E-state index is 11.0. The summed E-state index contributed by atoms with van der Waals surface area (Å²) >= 11 is 0. The zero-order valence-corrected chi connectivity index (χ0v) is 12.2. The third kappa shape index (κ3) is 3.70. The van der Waals surface area contributed by atoms with Gasteiger partial charge in [0.25, 0.3) is 10.1 Å². The van der Waals surface area contributed by atoms with E-state index in [4.69, 9.17) is 8.92 Å². The molecule has 1 atom stereocenters. The zero-order valence-electron chi connectivity index (χ0n) is 11.4. The van der Waals surface area contributed by atoms with Gasteiger partial charge in [0.1, 0.15) is 5.75 Å². The van der Waals surface area contributed by atoms with Crippen LogP contribution in [0.25, 0.3) is 0 Å². The molecular formula is C14H20O4S. The third-order valence-electron chi connectivity index (χ3n) is 3.57. The van der Waals surface area contributed by atoms with Crippen LogP contribution in [0.2, 0.25) is 0 Å². The Bertz CT molecular complexity index is 536. The molecule has 1 aliphatic carbocycles. The van der Waals surface area contributed by atoms with Gasteiger partial charge in [-0.15, -0.1) is 0 Å². The largest absolute Gasteiger partial charge is 0.496 e. The van der Waals surface area contributed by atoms with Gasteiger partial charge in [0, 0.05) is 0 Å². The van der Waals surface area contributed by atoms with Crippen LogP contribution < -0.4 is 4.74 Å². The van der Waals surface area contributed by atoms with Crippen LogP contribution in [0.5, 0.6) is 5.75 Å². The minimum Gasteiger partial charge on any atom is -0.496 e. The molecule has 0 N–H and O–H groups in total. The molecule has 0 heterocycles. The van der Waals surface area contributed by atoms with Crippen LogP contribution in [0.3, 0.4) is 0 Å². The molecule has 0 radical (unpaired) electrons. The molecule has 0 amide bonds. The quantitative estimate of drug-likeness (QED) is 0.779. The molecule has 0 bridgehead atoms. The number of rotatable bonds is 5. The lowest BCUT2D eigenvalue weighted by atomic mass is 9.81. The predicted octanol–water partition coefficient (Wildman–Crippen LogP) is 2.48. The fourth-order valence-electron chi connectivity index (χ4n) is 2.75. The van der Waals surface area contributed by atoms with Gasteiger partial charge in [-0.2, -0.15) is 8.42 Å². The number of fused-ring (bicyclic) bond motifs is 1. The maximum Gasteiger partial charge on any atom is 0.264 e. The molecule has 0 aliphatic heterocycles. The van der Waals surface area contributed by atoms with Gasteiger partial charge < -0.3 is 4.74 Å². The molecule has 4 nitrogen and oxygen atoms in total. The Labute approximate surface area is 114 Å². The Hall–Kier alpha value is -1.07. The molecular weight excluding hydrogens is 264 g/mol. The van der Waals surface area contributed by atoms with Crippen LogP contribution in [0.15, 0.2) is 18.2 Å². The second kappa shape index (κ2) is 5.92. The summed E-state index contributed by atoms with van der Waals surface area (Å²) < 4.78 is 32.2. The Balaban J connectivity index is 2.10. The van der Waals surface area contributed by atoms with E-state index in [2.05, 4.69) is 6.07 Å². The fourth-order valence-corrected chi connectivity index (χ4v) is 3.15. The number of methoxy groups -OCH3 is 1. The van der Waals surface area contributed by atoms with Crippen LogP contribution in [0.4, 0.5) is 0 Å². The van der Waals surface area contributed by atoms with E-state index in [1.165, 1.54) is 11.1 Å². The van der Waals surface area contributed by atoms with E-state index in [9.17, 15) is 8.42 Å². The Kier molecular flexibility index (Phi) is 4.47. The van der Waals surface area contributed by atoms with E-state index in [1.54, 1.807) is 7.11 Å². The Morgan fingerprint density at radius 2 is 2.16 bits per heavy atom. The van der Waals surface area contributed by atoms with Crippen molar-refractivity contribution < 1.29 is 17.3 Å². The lowest BCUT2D eigenvalue weighted by molar-refractivity contribution is 0.295. The average molecular weight is 284 g/mol. The molecule has 19 heavy (non-hydrogen) atoms. The summed E-state index contributed by atoms with van der Waals surface area (Å²) in [6.07, 6.45) is 5.03. The molecule has 106 valence electrons. The SMILES string of the molecule is COc1cccc2c1CCC[C@@H]2CCOS(C)(=O)=O. The lowest BCUT2D eigenvalue weighted by Crippen LogP contribution is -2.14. The molecule has 2 rings (SSSR count). The maximum absolute atomic E-state index is 11.0. The van der Waals surface area contributed by atoms with Crippen molar-refractivity contribution in [3.05, 3.63) is 29.3 Å². The summed E-state index contributed by atoms with van der Waals surface area (Å²) in [6.45, 7) is 0.250. The van der Waals surface area contributed by atoms with Gasteiger partial charge in [0.2, 0.25) is 0 Å². The molecule has 0 fully saturated rings. The Morgan fingerprint density at radius 1 is 1.37 bits per heavy atom. The van der Waals surface area contributed by atoms with E-state index in [-0.39, 0.29) is 6.61 Å². The highest BCUT2D eigenvalue weighted by Gasteiger charge is 2.22. The minimum absolute atomic E-state index is 0.250. The van der Waals surface area contributed by atoms with Crippen molar-refractivity contribution in [3.63, 3.8) is 0 Å². The first kappa shape index (κ1) is 14.3. The molecule has 1 aromatic carbocycles. The topological polar surface area (TPSA) is 52.6 Å². The summed E-state index contributed by atoms with van der Waals surface area (Å²) in [5, 5.41) is 0. The highest BCUT2D eigenvalue weighted by atomic mass is 32.2. The molecule has 0 aromatic heterocycles. The van der Waals surface area contributed by atoms with E-state index in [0.29, 0.717) is 5.92 Å². The molecule has 5 heteroatoms. The van der Waals surface area contributed by atoms with Crippen molar-refractivity contribution >= 4 is 10.1 Å². The highest BCUT2D eigenvalue weighted by Crippen LogP contribution is 2.38. The van der Waals surface area contributed by atoms with Gasteiger partial charge >= 0.3 is 0 Å². The van der Waals surface area contributed by atoms with Crippen LogP contribution in [-0.2, 0) is 20.7 Å². The third-order valence-corrected chi connectivity index (χ3v) is 4.17. The second-order valence-corrected chi connectivity index (χ2v) is 6.58. The van der Waals surface area contributed by atoms with Crippen molar-refractivity contribution in [2.75, 3.05) is 20.0 Å². The van der Waals surface area contributed by atoms with Gasteiger partial charge in [0.05, 0.1) is 20.0 Å². The zero-order chi connectivity index (χ0) is 13.9. The fraction of sp³-hybridized carbons (Fsp3) is 0.571. The van der Waals surface area contributed by atoms with Crippen molar-refractivity contribution in [1.29, 1.82) is 0 Å². The van der Waals surface area contributed by atoms with E-state index >= 15 is 0 Å². The summed E-state index contributed by atoms with van der Waals surface area (Å²) in [7, 11) is -1.65. The molecule has 0 saturated carbocycles. The van der Waals surface area contributed by atoms with Gasteiger partial charge in [0.15, 0.2) is 0 Å². The number of hydrogen-bond acceptors (Lipinski definition) is 4. The summed E-state index contributed by atoms with van der Waals surface area (Å²) in [6, 6.07) is 6.09. The predicted molar refractivity (Wildman–Crippen MR) is 74.1 cm³/mol. The second-order valence-electron chi connectivity index (χ2n) is 4.93. The van der Waals surface area contributed by atoms with Gasteiger partial charge in [-0.3, -0.25) is 4.18 Å². The first-order chi connectivity index (χ1) is 9.01. The standard InChI is InChI=1S/C14H20O4S/c1-17-14-8-4-6-12-11(5-3-7-13(12)14)9-10-18-19(2,15)16/h4,6,8,11H,3,5,7,9-10H2,1-2H3/t11-/m1/s1. The van der Waals surface area contributed by atoms with Gasteiger partial charge in [-0.05, 0) is 48.8 Å². The van der Waals surface area contributed by atoms with E-state index in [0.717, 1.165) is 37.7 Å². The molecule has 0 saturated heterocycles. The number of hydrogen-bond donors (Lipinski definition) is 0. The first-order valence-electron chi connectivity index (χ1n) is 6.51. The molecule has 0 unspecified atom stereocenters. The first-order valence-corrected chi connectivity index (χ1v) is 8.33. The van der Waals surface area contributed by atoms with Crippen molar-refractivity contribution in [1.82, 2.24) is 0 Å². The monoisotopic (exact) mass is 284 g/mol. The highest BCUT2D eigenvalue weighted by molar-refractivity contribution is 7.85. The number of benzene rings is 1. The van der Waals surface area contributed by atoms with Crippen molar-refractivity contribution in [3.8, 4) is 5.75 Å². The van der Waals surface area contributed by atoms with Crippen LogP contribution in [0, 0.1) is 0 Å². The smallest absolute Gasteiger partial charge is 0.264 e. The van der Waals surface area contributed by atoms with Crippen molar-refractivity contribution in [2.45, 2.75) is 31.6 Å². The normalized spacial score (nSPS) is 18.9. The van der Waals surface area contributed by atoms with E-state index in [1.807, 2.05) is 12.1 Å². The van der Waals surface area contributed by atoms with Crippen molar-refractivity contribution in [2.24, 2.45) is 0 Å². The van der Waals surface area contributed by atoms with E-state index < -0.39 is 10.1 Å². The number of ether oxygens (including phenoxy) is 1. The van der Waals surface area contributed by atoms with Gasteiger partial charge in [-0.1, -0.05) is 12.1 Å². The van der Waals surface area contributed by atoms with Crippen LogP contribution >= 0.6 is 0 Å². The lowest BCUT2D eigenvalue weighted by Gasteiger charge is -2.26. The summed E-state index contributed by atoms with van der Waals surface area (Å²) in [4.78, 5) is 0. The Morgan fingerprint density at radius 3 is 2.84 bits per heavy atom. The summed E-state index contributed by atoms with van der Waals surface area (Å²) in [5.41, 5.74) is 2.54. The minimum atomic E-state index is -3.34. The summed E-state index contributed by atoms with van der Waals surface area (Å²) in [5.74, 6) is 1.30.